The summed E-state index contributed by atoms with van der Waals surface area (Å²) in [5, 5.41) is 36.3. The molecule has 0 atom stereocenters. The van der Waals surface area contributed by atoms with Gasteiger partial charge in [0.05, 0.1) is 92.2 Å². The molecule has 0 bridgehead atoms. The summed E-state index contributed by atoms with van der Waals surface area (Å²) in [6.07, 6.45) is 10.2. The van der Waals surface area contributed by atoms with Gasteiger partial charge in [0.1, 0.15) is 22.8 Å². The molecule has 79 heavy (non-hydrogen) atoms. The molecule has 1 aromatic carbocycles. The second-order valence-electron chi connectivity index (χ2n) is 20.8. The number of hydrogen-bond acceptors (Lipinski definition) is 13. The lowest BCUT2D eigenvalue weighted by atomic mass is 10.0. The van der Waals surface area contributed by atoms with Gasteiger partial charge in [-0.2, -0.15) is 0 Å². The number of amides is 2. The molecule has 20 nitrogen and oxygen atoms in total. The number of aromatic carboxylic acids is 3. The van der Waals surface area contributed by atoms with Crippen LogP contribution in [-0.4, -0.2) is 205 Å². The highest BCUT2D eigenvalue weighted by Crippen LogP contribution is 2.20. The number of carboxylic acid groups (broad SMARTS) is 3. The van der Waals surface area contributed by atoms with Crippen molar-refractivity contribution < 1.29 is 53.0 Å². The number of pyridine rings is 3. The van der Waals surface area contributed by atoms with E-state index in [1.807, 2.05) is 112 Å². The lowest BCUT2D eigenvalue weighted by Crippen LogP contribution is -2.41. The topological polar surface area (TPSA) is 254 Å². The minimum atomic E-state index is -1.17. The van der Waals surface area contributed by atoms with Gasteiger partial charge in [-0.05, 0) is 103 Å². The maximum absolute atomic E-state index is 12.8. The number of carboxylic acids is 3. The van der Waals surface area contributed by atoms with Crippen molar-refractivity contribution in [2.45, 2.75) is 85.9 Å². The third kappa shape index (κ3) is 27.5. The van der Waals surface area contributed by atoms with E-state index in [0.717, 1.165) is 36.4 Å². The van der Waals surface area contributed by atoms with Crippen LogP contribution in [0.4, 0.5) is 0 Å². The number of quaternary nitrogens is 2. The van der Waals surface area contributed by atoms with Crippen molar-refractivity contribution in [2.75, 3.05) is 121 Å². The average Bonchev–Trinajstić information content (AvgIpc) is 3.49. The molecule has 20 heteroatoms. The second-order valence-corrected chi connectivity index (χ2v) is 20.8. The van der Waals surface area contributed by atoms with Crippen molar-refractivity contribution in [2.24, 2.45) is 5.73 Å². The van der Waals surface area contributed by atoms with Gasteiger partial charge in [-0.15, -0.1) is 12.8 Å². The van der Waals surface area contributed by atoms with Crippen LogP contribution < -0.4 is 21.1 Å². The number of aromatic nitrogens is 3. The maximum atomic E-state index is 12.8. The van der Waals surface area contributed by atoms with Crippen LogP contribution in [0.5, 0.6) is 5.75 Å². The van der Waals surface area contributed by atoms with Gasteiger partial charge in [-0.25, -0.2) is 29.3 Å². The molecule has 0 spiro atoms. The molecule has 0 unspecified atom stereocenters. The van der Waals surface area contributed by atoms with Gasteiger partial charge in [0, 0.05) is 71.7 Å². The van der Waals surface area contributed by atoms with E-state index in [9.17, 15) is 39.3 Å². The summed E-state index contributed by atoms with van der Waals surface area (Å²) in [6, 6.07) is 17.9. The Kier molecular flexibility index (Phi) is 30.8. The van der Waals surface area contributed by atoms with E-state index in [4.69, 9.17) is 10.5 Å². The SMILES string of the molecule is C#C.CC.CC.C[N+](C)(C)CCNC(=O)CCc1cc(CN2CCN(Cc3cc(CCC(=O)NCC[N+](C)(C)C)cc(C(=O)O)n3)CCN(Cc3cc(Cc4ccc(OCCCN)cc4)cc(C(=O)O)n3)CC2)nc(C(=O)O)c1. The summed E-state index contributed by atoms with van der Waals surface area (Å²) in [7, 11) is 12.3. The molecular weight excluding hydrogens is 1010 g/mol. The molecule has 4 heterocycles. The summed E-state index contributed by atoms with van der Waals surface area (Å²) >= 11 is 0. The first kappa shape index (κ1) is 68.2. The number of benzene rings is 1. The number of nitrogens with one attached hydrogen (secondary N) is 2. The van der Waals surface area contributed by atoms with Gasteiger partial charge in [0.15, 0.2) is 0 Å². The zero-order valence-corrected chi connectivity index (χ0v) is 48.7. The van der Waals surface area contributed by atoms with Crippen LogP contribution in [0.15, 0.2) is 60.7 Å². The van der Waals surface area contributed by atoms with Gasteiger partial charge in [0.25, 0.3) is 0 Å². The molecule has 434 valence electrons. The molecular formula is C59H91N11O9+2. The van der Waals surface area contributed by atoms with Crippen molar-refractivity contribution in [3.63, 3.8) is 0 Å². The van der Waals surface area contributed by atoms with Crippen molar-refractivity contribution >= 4 is 29.7 Å². The number of terminal acetylenes is 1. The quantitative estimate of drug-likeness (QED) is 0.0263. The highest BCUT2D eigenvalue weighted by Gasteiger charge is 2.22. The number of hydrogen-bond donors (Lipinski definition) is 6. The lowest BCUT2D eigenvalue weighted by Gasteiger charge is -2.26. The molecule has 4 aromatic rings. The molecule has 5 rings (SSSR count). The zero-order valence-electron chi connectivity index (χ0n) is 48.7. The largest absolute Gasteiger partial charge is 0.494 e. The van der Waals surface area contributed by atoms with Crippen LogP contribution in [0.1, 0.15) is 118 Å². The number of likely N-dealkylation sites (N-methyl/N-ethyl adjacent to an activating group) is 2. The fourth-order valence-electron chi connectivity index (χ4n) is 8.23. The molecule has 0 radical (unpaired) electrons. The fourth-order valence-corrected chi connectivity index (χ4v) is 8.23. The lowest BCUT2D eigenvalue weighted by molar-refractivity contribution is -0.869. The average molecular weight is 1100 g/mol. The number of ether oxygens (including phenoxy) is 1. The van der Waals surface area contributed by atoms with Crippen LogP contribution in [0.2, 0.25) is 0 Å². The Morgan fingerprint density at radius 3 is 1.23 bits per heavy atom. The molecule has 1 fully saturated rings. The fraction of sp³-hybridized carbons (Fsp3) is 0.525. The molecule has 0 aliphatic carbocycles. The first-order valence-electron chi connectivity index (χ1n) is 27.4. The van der Waals surface area contributed by atoms with E-state index < -0.39 is 17.9 Å². The van der Waals surface area contributed by atoms with Crippen LogP contribution in [0, 0.1) is 12.8 Å². The number of carbonyl (C=O) groups excluding carboxylic acids is 2. The van der Waals surface area contributed by atoms with Gasteiger partial charge in [0.2, 0.25) is 11.8 Å². The van der Waals surface area contributed by atoms with E-state index in [1.165, 1.54) is 12.1 Å². The van der Waals surface area contributed by atoms with E-state index in [1.54, 1.807) is 6.07 Å². The van der Waals surface area contributed by atoms with Crippen LogP contribution >= 0.6 is 0 Å². The number of rotatable bonds is 27. The van der Waals surface area contributed by atoms with Gasteiger partial charge >= 0.3 is 17.9 Å². The summed E-state index contributed by atoms with van der Waals surface area (Å²) in [5.41, 5.74) is 10.1. The number of aryl methyl sites for hydroxylation is 2. The van der Waals surface area contributed by atoms with Gasteiger partial charge in [-0.3, -0.25) is 24.3 Å². The summed E-state index contributed by atoms with van der Waals surface area (Å²) in [5.74, 6) is -3.00. The standard InChI is InChI=1S/C53H75N11O9.2C2H6.C2H2/c1-63(2,3)25-17-55-49(65)14-10-39-29-42(57-46(32-39)51(67)68)35-60-19-20-61(36-43-30-40(33-47(58-43)52(69)70)11-15-50(66)56-18-26-64(4,5)6)22-24-62(23-21-60)37-44-31-41(34-48(59-44)53(71)72)28-38-8-12-45(13-9-38)73-27-7-16-54;3*1-2/h8-9,12-13,29-34H,7,10-11,14-28,35-37,54H2,1-6H3,(H3-2,55,56,65,66,67,68,69,70,71,72);2*1-2H3;1-2H/p+2. The monoisotopic (exact) mass is 1100 g/mol. The Bertz CT molecular complexity index is 2430. The number of nitrogens with two attached hydrogens (primary N) is 1. The minimum absolute atomic E-state index is 0.0644. The highest BCUT2D eigenvalue weighted by molar-refractivity contribution is 5.86. The normalized spacial score (nSPS) is 13.3. The first-order chi connectivity index (χ1) is 37.6. The molecule has 3 aromatic heterocycles. The third-order valence-corrected chi connectivity index (χ3v) is 12.3. The molecule has 2 amide bonds. The highest BCUT2D eigenvalue weighted by atomic mass is 16.5. The number of carbonyl (C=O) groups is 5. The Morgan fingerprint density at radius 1 is 0.557 bits per heavy atom. The molecule has 1 aliphatic heterocycles. The summed E-state index contributed by atoms with van der Waals surface area (Å²) in [6.45, 7) is 15.8. The van der Waals surface area contributed by atoms with E-state index in [0.29, 0.717) is 142 Å². The Hall–Kier alpha value is -6.86. The van der Waals surface area contributed by atoms with Gasteiger partial charge < -0.3 is 45.4 Å². The predicted octanol–water partition coefficient (Wildman–Crippen LogP) is 4.92. The molecule has 1 saturated heterocycles. The summed E-state index contributed by atoms with van der Waals surface area (Å²) < 4.78 is 7.17. The van der Waals surface area contributed by atoms with Crippen LogP contribution in [0.25, 0.3) is 0 Å². The molecule has 1 aliphatic rings. The summed E-state index contributed by atoms with van der Waals surface area (Å²) in [4.78, 5) is 82.9. The maximum Gasteiger partial charge on any atom is 0.354 e. The number of nitrogens with zero attached hydrogens (tertiary/aromatic N) is 8. The Labute approximate surface area is 469 Å². The smallest absolute Gasteiger partial charge is 0.354 e. The Balaban J connectivity index is 0.00000343. The van der Waals surface area contributed by atoms with Crippen LogP contribution in [0.3, 0.4) is 0 Å². The van der Waals surface area contributed by atoms with Crippen molar-refractivity contribution in [1.29, 1.82) is 0 Å². The van der Waals surface area contributed by atoms with E-state index >= 15 is 0 Å². The van der Waals surface area contributed by atoms with Crippen LogP contribution in [-0.2, 0) is 48.5 Å². The Morgan fingerprint density at radius 2 is 0.899 bits per heavy atom. The van der Waals surface area contributed by atoms with Gasteiger partial charge in [-0.1, -0.05) is 39.8 Å². The predicted molar refractivity (Wildman–Crippen MR) is 309 cm³/mol. The van der Waals surface area contributed by atoms with Crippen molar-refractivity contribution in [3.05, 3.63) is 117 Å². The third-order valence-electron chi connectivity index (χ3n) is 12.3. The zero-order chi connectivity index (χ0) is 59.1. The second kappa shape index (κ2) is 35.6. The first-order valence-corrected chi connectivity index (χ1v) is 27.4. The molecule has 0 saturated carbocycles. The van der Waals surface area contributed by atoms with Crippen molar-refractivity contribution in [3.8, 4) is 18.6 Å². The van der Waals surface area contributed by atoms with Crippen molar-refractivity contribution in [1.82, 2.24) is 40.3 Å². The van der Waals surface area contributed by atoms with E-state index in [-0.39, 0.29) is 41.7 Å². The minimum Gasteiger partial charge on any atom is -0.494 e. The molecule has 7 N–H and O–H groups in total. The van der Waals surface area contributed by atoms with E-state index in [2.05, 4.69) is 53.1 Å².